The zero-order valence-electron chi connectivity index (χ0n) is 16.1. The van der Waals surface area contributed by atoms with Gasteiger partial charge in [0, 0.05) is 5.69 Å². The van der Waals surface area contributed by atoms with Crippen molar-refractivity contribution in [2.75, 3.05) is 12.4 Å². The van der Waals surface area contributed by atoms with E-state index in [1.807, 2.05) is 0 Å². The molecule has 3 fully saturated rings. The lowest BCUT2D eigenvalue weighted by atomic mass is 9.98. The van der Waals surface area contributed by atoms with Gasteiger partial charge in [0.25, 0.3) is 5.91 Å². The number of hydrogen-bond donors (Lipinski definition) is 1. The second kappa shape index (κ2) is 6.42. The third-order valence-corrected chi connectivity index (χ3v) is 4.77. The van der Waals surface area contributed by atoms with Crippen LogP contribution >= 0.6 is 0 Å². The number of amides is 1. The van der Waals surface area contributed by atoms with Gasteiger partial charge in [-0.05, 0) is 52.0 Å². The van der Waals surface area contributed by atoms with Crippen molar-refractivity contribution in [2.24, 2.45) is 0 Å². The summed E-state index contributed by atoms with van der Waals surface area (Å²) in [6.07, 6.45) is -3.12. The molecule has 0 spiro atoms. The van der Waals surface area contributed by atoms with Crippen LogP contribution in [0.15, 0.2) is 24.3 Å². The molecule has 1 N–H and O–H groups in total. The van der Waals surface area contributed by atoms with Crippen molar-refractivity contribution < 1.29 is 33.2 Å². The van der Waals surface area contributed by atoms with Crippen LogP contribution in [-0.4, -0.2) is 55.3 Å². The van der Waals surface area contributed by atoms with Gasteiger partial charge in [0.1, 0.15) is 24.1 Å². The highest BCUT2D eigenvalue weighted by Gasteiger charge is 2.62. The van der Waals surface area contributed by atoms with Crippen molar-refractivity contribution >= 4 is 11.6 Å². The zero-order chi connectivity index (χ0) is 19.4. The largest absolute Gasteiger partial charge is 0.497 e. The third kappa shape index (κ3) is 3.55. The first-order valence-corrected chi connectivity index (χ1v) is 8.99. The SMILES string of the molecule is COc1ccc(NC(=O)[C@H]2O[C@@H]3OC(C)(C)O[C@@H]3[C@@H]3OC(C)(C)O[C@@H]32)cc1. The molecule has 0 bridgehead atoms. The van der Waals surface area contributed by atoms with Gasteiger partial charge in [-0.1, -0.05) is 0 Å². The summed E-state index contributed by atoms with van der Waals surface area (Å²) in [6.45, 7) is 7.22. The average Bonchev–Trinajstić information content (AvgIpc) is 3.08. The maximum absolute atomic E-state index is 12.9. The summed E-state index contributed by atoms with van der Waals surface area (Å²) < 4.78 is 34.8. The molecule has 0 saturated carbocycles. The van der Waals surface area contributed by atoms with Crippen molar-refractivity contribution in [2.45, 2.75) is 70.0 Å². The van der Waals surface area contributed by atoms with E-state index in [2.05, 4.69) is 5.32 Å². The van der Waals surface area contributed by atoms with Crippen LogP contribution < -0.4 is 10.1 Å². The molecule has 3 aliphatic rings. The number of nitrogens with one attached hydrogen (secondary N) is 1. The standard InChI is InChI=1S/C19H25NO7/c1-18(2)24-12-13(25-18)15-17(27-19(3,4)26-15)23-14(12)16(21)20-10-6-8-11(22-5)9-7-10/h6-9,12-15,17H,1-5H3,(H,20,21)/t12-,13+,14-,15+,17+/m0/s1. The lowest BCUT2D eigenvalue weighted by Crippen LogP contribution is -2.58. The summed E-state index contributed by atoms with van der Waals surface area (Å²) in [4.78, 5) is 12.9. The van der Waals surface area contributed by atoms with E-state index in [1.165, 1.54) is 0 Å². The first-order chi connectivity index (χ1) is 12.7. The van der Waals surface area contributed by atoms with Gasteiger partial charge in [-0.3, -0.25) is 4.79 Å². The molecule has 0 radical (unpaired) electrons. The van der Waals surface area contributed by atoms with Crippen LogP contribution in [0.1, 0.15) is 27.7 Å². The van der Waals surface area contributed by atoms with Crippen molar-refractivity contribution in [1.82, 2.24) is 0 Å². The highest BCUT2D eigenvalue weighted by atomic mass is 16.9. The lowest BCUT2D eigenvalue weighted by molar-refractivity contribution is -0.229. The molecule has 1 amide bonds. The molecule has 8 nitrogen and oxygen atoms in total. The van der Waals surface area contributed by atoms with Gasteiger partial charge in [0.15, 0.2) is 24.0 Å². The number of benzene rings is 1. The van der Waals surface area contributed by atoms with Crippen LogP contribution in [0.3, 0.4) is 0 Å². The van der Waals surface area contributed by atoms with E-state index in [0.717, 1.165) is 0 Å². The Morgan fingerprint density at radius 3 is 2.19 bits per heavy atom. The molecule has 3 heterocycles. The molecule has 3 aliphatic heterocycles. The fourth-order valence-corrected chi connectivity index (χ4v) is 3.71. The van der Waals surface area contributed by atoms with E-state index < -0.39 is 42.3 Å². The smallest absolute Gasteiger partial charge is 0.256 e. The lowest BCUT2D eigenvalue weighted by Gasteiger charge is -2.36. The Morgan fingerprint density at radius 2 is 1.52 bits per heavy atom. The van der Waals surface area contributed by atoms with Gasteiger partial charge in [-0.2, -0.15) is 0 Å². The predicted molar refractivity (Wildman–Crippen MR) is 94.1 cm³/mol. The van der Waals surface area contributed by atoms with Crippen LogP contribution in [-0.2, 0) is 28.5 Å². The van der Waals surface area contributed by atoms with Crippen LogP contribution in [0.4, 0.5) is 5.69 Å². The minimum Gasteiger partial charge on any atom is -0.497 e. The summed E-state index contributed by atoms with van der Waals surface area (Å²) in [7, 11) is 1.59. The van der Waals surface area contributed by atoms with Crippen molar-refractivity contribution in [1.29, 1.82) is 0 Å². The van der Waals surface area contributed by atoms with Gasteiger partial charge in [0.05, 0.1) is 7.11 Å². The zero-order valence-corrected chi connectivity index (χ0v) is 16.1. The van der Waals surface area contributed by atoms with E-state index in [1.54, 1.807) is 59.1 Å². The van der Waals surface area contributed by atoms with Crippen molar-refractivity contribution in [3.05, 3.63) is 24.3 Å². The molecular formula is C19H25NO7. The van der Waals surface area contributed by atoms with Gasteiger partial charge >= 0.3 is 0 Å². The number of carbonyl (C=O) groups is 1. The van der Waals surface area contributed by atoms with Gasteiger partial charge in [-0.15, -0.1) is 0 Å². The Kier molecular flexibility index (Phi) is 4.44. The number of carbonyl (C=O) groups excluding carboxylic acids is 1. The van der Waals surface area contributed by atoms with E-state index in [0.29, 0.717) is 11.4 Å². The molecule has 1 aromatic rings. The number of ether oxygens (including phenoxy) is 6. The van der Waals surface area contributed by atoms with Crippen LogP contribution in [0.5, 0.6) is 5.75 Å². The Labute approximate surface area is 158 Å². The molecular weight excluding hydrogens is 354 g/mol. The first-order valence-electron chi connectivity index (χ1n) is 8.99. The number of methoxy groups -OCH3 is 1. The summed E-state index contributed by atoms with van der Waals surface area (Å²) in [5.41, 5.74) is 0.630. The molecule has 8 heteroatoms. The molecule has 148 valence electrons. The van der Waals surface area contributed by atoms with E-state index in [-0.39, 0.29) is 5.91 Å². The van der Waals surface area contributed by atoms with Crippen molar-refractivity contribution in [3.8, 4) is 5.75 Å². The van der Waals surface area contributed by atoms with Crippen LogP contribution in [0, 0.1) is 0 Å². The Bertz CT molecular complexity index is 717. The Balaban J connectivity index is 1.55. The minimum atomic E-state index is -0.891. The molecule has 0 aromatic heterocycles. The normalized spacial score (nSPS) is 36.0. The van der Waals surface area contributed by atoms with E-state index in [4.69, 9.17) is 28.4 Å². The van der Waals surface area contributed by atoms with Crippen LogP contribution in [0.2, 0.25) is 0 Å². The topological polar surface area (TPSA) is 84.5 Å². The Morgan fingerprint density at radius 1 is 0.926 bits per heavy atom. The second-order valence-electron chi connectivity index (χ2n) is 7.81. The highest BCUT2D eigenvalue weighted by Crippen LogP contribution is 2.44. The molecule has 5 atom stereocenters. The van der Waals surface area contributed by atoms with Gasteiger partial charge in [-0.25, -0.2) is 0 Å². The molecule has 27 heavy (non-hydrogen) atoms. The quantitative estimate of drug-likeness (QED) is 0.860. The average molecular weight is 379 g/mol. The van der Waals surface area contributed by atoms with Gasteiger partial charge in [0.2, 0.25) is 0 Å². The predicted octanol–water partition coefficient (Wildman–Crippen LogP) is 2.03. The fourth-order valence-electron chi connectivity index (χ4n) is 3.71. The summed E-state index contributed by atoms with van der Waals surface area (Å²) >= 11 is 0. The maximum atomic E-state index is 12.9. The highest BCUT2D eigenvalue weighted by molar-refractivity contribution is 5.94. The fraction of sp³-hybridized carbons (Fsp3) is 0.632. The number of fused-ring (bicyclic) bond motifs is 3. The summed E-state index contributed by atoms with van der Waals surface area (Å²) in [6, 6.07) is 7.05. The van der Waals surface area contributed by atoms with Crippen LogP contribution in [0.25, 0.3) is 0 Å². The number of rotatable bonds is 3. The van der Waals surface area contributed by atoms with E-state index >= 15 is 0 Å². The monoisotopic (exact) mass is 379 g/mol. The first kappa shape index (κ1) is 18.6. The summed E-state index contributed by atoms with van der Waals surface area (Å²) in [5.74, 6) is -1.29. The minimum absolute atomic E-state index is 0.330. The molecule has 1 aromatic carbocycles. The molecule has 4 rings (SSSR count). The van der Waals surface area contributed by atoms with Gasteiger partial charge < -0.3 is 33.7 Å². The Hall–Kier alpha value is -1.71. The van der Waals surface area contributed by atoms with Crippen molar-refractivity contribution in [3.63, 3.8) is 0 Å². The number of anilines is 1. The maximum Gasteiger partial charge on any atom is 0.256 e. The third-order valence-electron chi connectivity index (χ3n) is 4.77. The summed E-state index contributed by atoms with van der Waals surface area (Å²) in [5, 5.41) is 2.85. The number of hydrogen-bond acceptors (Lipinski definition) is 7. The van der Waals surface area contributed by atoms with E-state index in [9.17, 15) is 4.79 Å². The molecule has 3 saturated heterocycles. The second-order valence-corrected chi connectivity index (χ2v) is 7.81. The molecule has 0 unspecified atom stereocenters. The molecule has 0 aliphatic carbocycles.